The van der Waals surface area contributed by atoms with Gasteiger partial charge in [-0.2, -0.15) is 9.13 Å². The summed E-state index contributed by atoms with van der Waals surface area (Å²) in [5, 5.41) is 0. The van der Waals surface area contributed by atoms with E-state index < -0.39 is 0 Å². The summed E-state index contributed by atoms with van der Waals surface area (Å²) in [7, 11) is 0. The van der Waals surface area contributed by atoms with Gasteiger partial charge in [0, 0.05) is 49.1 Å². The third-order valence-corrected chi connectivity index (χ3v) is 5.36. The predicted octanol–water partition coefficient (Wildman–Crippen LogP) is 3.88. The molecule has 5 heterocycles. The Morgan fingerprint density at radius 3 is 1.25 bits per heavy atom. The van der Waals surface area contributed by atoms with Crippen molar-refractivity contribution in [3.05, 3.63) is 128 Å². The van der Waals surface area contributed by atoms with E-state index in [0.29, 0.717) is 0 Å². The second kappa shape index (κ2) is 9.27. The molecule has 5 heteroatoms. The van der Waals surface area contributed by atoms with E-state index in [0.717, 1.165) is 24.5 Å². The average Bonchev–Trinajstić information content (AvgIpc) is 2.86. The van der Waals surface area contributed by atoms with E-state index in [2.05, 4.69) is 86.4 Å². The smallest absolute Gasteiger partial charge is 0.190 e. The van der Waals surface area contributed by atoms with Crippen molar-refractivity contribution < 1.29 is 9.13 Å². The summed E-state index contributed by atoms with van der Waals surface area (Å²) in [4.78, 5) is 13.0. The predicted molar refractivity (Wildman–Crippen MR) is 122 cm³/mol. The zero-order chi connectivity index (χ0) is 21.6. The van der Waals surface area contributed by atoms with Crippen LogP contribution in [-0.2, 0) is 13.1 Å². The Kier molecular flexibility index (Phi) is 5.70. The van der Waals surface area contributed by atoms with Crippen LogP contribution in [0.2, 0.25) is 0 Å². The van der Waals surface area contributed by atoms with E-state index in [-0.39, 0.29) is 0 Å². The molecule has 154 valence electrons. The van der Waals surface area contributed by atoms with Crippen LogP contribution >= 0.6 is 0 Å². The van der Waals surface area contributed by atoms with Crippen molar-refractivity contribution >= 4 is 0 Å². The van der Waals surface area contributed by atoms with Gasteiger partial charge in [0.05, 0.1) is 0 Å². The maximum atomic E-state index is 4.87. The molecule has 0 saturated carbocycles. The molecule has 0 unspecified atom stereocenters. The zero-order valence-electron chi connectivity index (χ0n) is 17.6. The maximum Gasteiger partial charge on any atom is 0.190 e. The second-order valence-corrected chi connectivity index (χ2v) is 7.61. The second-order valence-electron chi connectivity index (χ2n) is 7.61. The summed E-state index contributed by atoms with van der Waals surface area (Å²) in [5.41, 5.74) is 6.77. The summed E-state index contributed by atoms with van der Waals surface area (Å²) >= 11 is 0. The first-order chi connectivity index (χ1) is 15.8. The molecule has 0 aliphatic rings. The van der Waals surface area contributed by atoms with Crippen molar-refractivity contribution in [1.82, 2.24) is 15.0 Å². The standard InChI is InChI=1S/C27H23N5/c1-2-26(20-31-16-8-24(9-17-31)22-4-12-28-13-5-22)30-27(3-1)21-32-18-10-25(11-19-32)23-6-14-29-15-7-23/h1-19H,20-21H2/q+2. The zero-order valence-corrected chi connectivity index (χ0v) is 17.6. The molecular weight excluding hydrogens is 394 g/mol. The number of aromatic nitrogens is 5. The van der Waals surface area contributed by atoms with Gasteiger partial charge in [0.25, 0.3) is 0 Å². The van der Waals surface area contributed by atoms with Crippen molar-refractivity contribution in [2.75, 3.05) is 0 Å². The van der Waals surface area contributed by atoms with E-state index in [1.165, 1.54) is 22.3 Å². The Bertz CT molecular complexity index is 1190. The Morgan fingerprint density at radius 2 is 0.844 bits per heavy atom. The summed E-state index contributed by atoms with van der Waals surface area (Å²) in [6.07, 6.45) is 15.6. The highest BCUT2D eigenvalue weighted by atomic mass is 15.0. The van der Waals surface area contributed by atoms with Gasteiger partial charge < -0.3 is 0 Å². The van der Waals surface area contributed by atoms with Crippen LogP contribution < -0.4 is 9.13 Å². The van der Waals surface area contributed by atoms with Gasteiger partial charge in [0.2, 0.25) is 0 Å². The van der Waals surface area contributed by atoms with Crippen molar-refractivity contribution in [3.63, 3.8) is 0 Å². The molecule has 5 aromatic heterocycles. The number of nitrogens with zero attached hydrogens (tertiary/aromatic N) is 5. The van der Waals surface area contributed by atoms with Crippen molar-refractivity contribution in [2.24, 2.45) is 0 Å². The Labute approximate surface area is 187 Å². The van der Waals surface area contributed by atoms with Crippen molar-refractivity contribution in [3.8, 4) is 22.3 Å². The topological polar surface area (TPSA) is 46.4 Å². The van der Waals surface area contributed by atoms with E-state index >= 15 is 0 Å². The molecule has 5 rings (SSSR count). The molecule has 0 radical (unpaired) electrons. The van der Waals surface area contributed by atoms with Crippen LogP contribution in [0.5, 0.6) is 0 Å². The summed E-state index contributed by atoms with van der Waals surface area (Å²) < 4.78 is 4.29. The highest BCUT2D eigenvalue weighted by Gasteiger charge is 2.09. The summed E-state index contributed by atoms with van der Waals surface area (Å²) in [6.45, 7) is 1.46. The van der Waals surface area contributed by atoms with Gasteiger partial charge in [-0.25, -0.2) is 4.98 Å². The number of pyridine rings is 5. The van der Waals surface area contributed by atoms with Crippen LogP contribution in [0.15, 0.2) is 116 Å². The molecule has 0 aliphatic heterocycles. The van der Waals surface area contributed by atoms with Crippen molar-refractivity contribution in [2.45, 2.75) is 13.1 Å². The van der Waals surface area contributed by atoms with Crippen molar-refractivity contribution in [1.29, 1.82) is 0 Å². The maximum absolute atomic E-state index is 4.87. The summed E-state index contributed by atoms with van der Waals surface area (Å²) in [6, 6.07) is 22.8. The Hall–Kier alpha value is -4.25. The molecule has 0 saturated heterocycles. The fourth-order valence-corrected chi connectivity index (χ4v) is 3.68. The van der Waals surface area contributed by atoms with Crippen LogP contribution in [-0.4, -0.2) is 15.0 Å². The quantitative estimate of drug-likeness (QED) is 0.394. The molecule has 0 N–H and O–H groups in total. The third-order valence-electron chi connectivity index (χ3n) is 5.36. The molecule has 5 aromatic rings. The molecular formula is C27H23N5+2. The number of hydrogen-bond acceptors (Lipinski definition) is 3. The Morgan fingerprint density at radius 1 is 0.469 bits per heavy atom. The highest BCUT2D eigenvalue weighted by molar-refractivity contribution is 5.62. The minimum atomic E-state index is 0.732. The average molecular weight is 418 g/mol. The van der Waals surface area contributed by atoms with Crippen LogP contribution in [0.4, 0.5) is 0 Å². The molecule has 0 aromatic carbocycles. The molecule has 0 amide bonds. The highest BCUT2D eigenvalue weighted by Crippen LogP contribution is 2.17. The largest absolute Gasteiger partial charge is 0.265 e. The van der Waals surface area contributed by atoms with Gasteiger partial charge in [-0.15, -0.1) is 0 Å². The molecule has 32 heavy (non-hydrogen) atoms. The molecule has 0 fully saturated rings. The van der Waals surface area contributed by atoms with Crippen LogP contribution in [0.1, 0.15) is 11.4 Å². The van der Waals surface area contributed by atoms with Crippen LogP contribution in [0.25, 0.3) is 22.3 Å². The molecule has 0 bridgehead atoms. The molecule has 0 aliphatic carbocycles. The van der Waals surface area contributed by atoms with Crippen LogP contribution in [0, 0.1) is 0 Å². The molecule has 0 atom stereocenters. The number of rotatable bonds is 6. The third kappa shape index (κ3) is 4.73. The van der Waals surface area contributed by atoms with E-state index in [9.17, 15) is 0 Å². The first kappa shape index (κ1) is 19.7. The van der Waals surface area contributed by atoms with Gasteiger partial charge in [-0.3, -0.25) is 9.97 Å². The summed E-state index contributed by atoms with van der Waals surface area (Å²) in [5.74, 6) is 0. The lowest BCUT2D eigenvalue weighted by molar-refractivity contribution is -0.690. The first-order valence-corrected chi connectivity index (χ1v) is 10.6. The number of hydrogen-bond donors (Lipinski definition) is 0. The fourth-order valence-electron chi connectivity index (χ4n) is 3.68. The van der Waals surface area contributed by atoms with Gasteiger partial charge in [-0.05, 0) is 58.7 Å². The molecule has 5 nitrogen and oxygen atoms in total. The monoisotopic (exact) mass is 417 g/mol. The first-order valence-electron chi connectivity index (χ1n) is 10.6. The fraction of sp³-hybridized carbons (Fsp3) is 0.0741. The van der Waals surface area contributed by atoms with Gasteiger partial charge in [0.15, 0.2) is 37.9 Å². The van der Waals surface area contributed by atoms with E-state index in [1.807, 2.05) is 49.1 Å². The van der Waals surface area contributed by atoms with E-state index in [4.69, 9.17) is 4.98 Å². The normalized spacial score (nSPS) is 10.8. The van der Waals surface area contributed by atoms with Gasteiger partial charge in [0.1, 0.15) is 11.4 Å². The Balaban J connectivity index is 1.27. The molecule has 0 spiro atoms. The van der Waals surface area contributed by atoms with Crippen LogP contribution in [0.3, 0.4) is 0 Å². The van der Waals surface area contributed by atoms with Gasteiger partial charge in [-0.1, -0.05) is 6.07 Å². The SMILES string of the molecule is c1cc(C[n+]2ccc(-c3ccncc3)cc2)nc(C[n+]2ccc(-c3ccncc3)cc2)c1. The lowest BCUT2D eigenvalue weighted by atomic mass is 10.1. The lowest BCUT2D eigenvalue weighted by Gasteiger charge is -2.03. The minimum absolute atomic E-state index is 0.732. The minimum Gasteiger partial charge on any atom is -0.265 e. The van der Waals surface area contributed by atoms with E-state index in [1.54, 1.807) is 0 Å². The van der Waals surface area contributed by atoms with Gasteiger partial charge >= 0.3 is 0 Å². The lowest BCUT2D eigenvalue weighted by Crippen LogP contribution is -2.35.